The minimum Gasteiger partial charge on any atom is -0.506 e. The van der Waals surface area contributed by atoms with E-state index in [1.54, 1.807) is 24.3 Å². The van der Waals surface area contributed by atoms with Gasteiger partial charge in [0.2, 0.25) is 11.6 Å². The zero-order chi connectivity index (χ0) is 22.6. The number of benzene rings is 3. The van der Waals surface area contributed by atoms with Crippen LogP contribution in [0.5, 0.6) is 11.5 Å². The van der Waals surface area contributed by atoms with Gasteiger partial charge in [0.05, 0.1) is 36.2 Å². The predicted octanol–water partition coefficient (Wildman–Crippen LogP) is 5.70. The molecule has 1 aliphatic rings. The van der Waals surface area contributed by atoms with E-state index < -0.39 is 44.8 Å². The van der Waals surface area contributed by atoms with Gasteiger partial charge in [-0.15, -0.1) is 0 Å². The summed E-state index contributed by atoms with van der Waals surface area (Å²) >= 11 is 12.0. The van der Waals surface area contributed by atoms with Crippen LogP contribution in [0.2, 0.25) is 5.02 Å². The van der Waals surface area contributed by atoms with Gasteiger partial charge in [0.1, 0.15) is 17.1 Å². The van der Waals surface area contributed by atoms with Crippen LogP contribution in [0.4, 0.5) is 17.1 Å². The Morgan fingerprint density at radius 1 is 0.871 bits per heavy atom. The molecule has 4 rings (SSSR count). The van der Waals surface area contributed by atoms with Gasteiger partial charge in [0, 0.05) is 16.8 Å². The van der Waals surface area contributed by atoms with Gasteiger partial charge in [0.15, 0.2) is 0 Å². The zero-order valence-corrected chi connectivity index (χ0v) is 19.0. The summed E-state index contributed by atoms with van der Waals surface area (Å²) in [7, 11) is 0. The Bertz CT molecular complexity index is 1320. The van der Waals surface area contributed by atoms with Gasteiger partial charge in [0.25, 0.3) is 5.69 Å². The van der Waals surface area contributed by atoms with Crippen LogP contribution < -0.4 is 5.32 Å². The first-order valence-corrected chi connectivity index (χ1v) is 10.5. The van der Waals surface area contributed by atoms with E-state index in [0.29, 0.717) is 10.7 Å². The van der Waals surface area contributed by atoms with Crippen LogP contribution >= 0.6 is 43.5 Å². The lowest BCUT2D eigenvalue weighted by Crippen LogP contribution is -2.24. The Morgan fingerprint density at radius 2 is 1.39 bits per heavy atom. The van der Waals surface area contributed by atoms with E-state index in [4.69, 9.17) is 11.6 Å². The molecular formula is C20H9Br2ClN2O6. The highest BCUT2D eigenvalue weighted by Crippen LogP contribution is 2.47. The highest BCUT2D eigenvalue weighted by molar-refractivity contribution is 9.11. The summed E-state index contributed by atoms with van der Waals surface area (Å²) in [5.74, 6) is -2.97. The van der Waals surface area contributed by atoms with Gasteiger partial charge in [-0.2, -0.15) is 0 Å². The van der Waals surface area contributed by atoms with Crippen molar-refractivity contribution in [2.24, 2.45) is 0 Å². The van der Waals surface area contributed by atoms with Crippen LogP contribution in [-0.4, -0.2) is 26.7 Å². The molecule has 0 saturated heterocycles. The minimum atomic E-state index is -0.926. The van der Waals surface area contributed by atoms with Crippen molar-refractivity contribution >= 4 is 72.1 Å². The minimum absolute atomic E-state index is 0.108. The molecule has 0 atom stereocenters. The van der Waals surface area contributed by atoms with Crippen LogP contribution in [0.15, 0.2) is 45.3 Å². The average Bonchev–Trinajstić information content (AvgIpc) is 2.71. The summed E-state index contributed by atoms with van der Waals surface area (Å²) in [5.41, 5.74) is -1.74. The summed E-state index contributed by atoms with van der Waals surface area (Å²) in [6.45, 7) is 0. The second kappa shape index (κ2) is 7.63. The summed E-state index contributed by atoms with van der Waals surface area (Å²) in [6.07, 6.45) is 0. The fraction of sp³-hybridized carbons (Fsp3) is 0. The normalized spacial score (nSPS) is 12.4. The fourth-order valence-electron chi connectivity index (χ4n) is 3.36. The van der Waals surface area contributed by atoms with Gasteiger partial charge in [-0.25, -0.2) is 0 Å². The molecule has 0 saturated carbocycles. The van der Waals surface area contributed by atoms with Crippen LogP contribution in [0.25, 0.3) is 0 Å². The molecule has 156 valence electrons. The molecule has 3 N–H and O–H groups in total. The average molecular weight is 569 g/mol. The first-order valence-electron chi connectivity index (χ1n) is 8.49. The smallest absolute Gasteiger partial charge is 0.282 e. The third-order valence-corrected chi connectivity index (χ3v) is 6.18. The molecule has 0 unspecified atom stereocenters. The summed E-state index contributed by atoms with van der Waals surface area (Å²) in [6, 6.07) is 8.80. The second-order valence-electron chi connectivity index (χ2n) is 6.53. The number of halogens is 3. The number of nitro benzene ring substituents is 1. The lowest BCUT2D eigenvalue weighted by molar-refractivity contribution is -0.385. The Balaban J connectivity index is 2.02. The molecule has 0 aromatic heterocycles. The first kappa shape index (κ1) is 21.3. The van der Waals surface area contributed by atoms with Crippen molar-refractivity contribution in [1.82, 2.24) is 0 Å². The summed E-state index contributed by atoms with van der Waals surface area (Å²) < 4.78 is -0.0205. The van der Waals surface area contributed by atoms with E-state index in [2.05, 4.69) is 37.2 Å². The van der Waals surface area contributed by atoms with Crippen molar-refractivity contribution in [3.8, 4) is 11.5 Å². The molecule has 0 aliphatic heterocycles. The lowest BCUT2D eigenvalue weighted by atomic mass is 9.81. The number of nitrogens with zero attached hydrogens (tertiary/aromatic N) is 1. The second-order valence-corrected chi connectivity index (χ2v) is 8.67. The van der Waals surface area contributed by atoms with Gasteiger partial charge >= 0.3 is 0 Å². The van der Waals surface area contributed by atoms with Gasteiger partial charge in [-0.05, 0) is 62.2 Å². The van der Waals surface area contributed by atoms with Crippen molar-refractivity contribution < 1.29 is 24.7 Å². The molecule has 0 heterocycles. The van der Waals surface area contributed by atoms with E-state index in [1.807, 2.05) is 0 Å². The number of nitro groups is 1. The van der Waals surface area contributed by atoms with Crippen LogP contribution in [0.3, 0.4) is 0 Å². The van der Waals surface area contributed by atoms with Crippen LogP contribution in [-0.2, 0) is 0 Å². The number of anilines is 2. The number of carbonyl (C=O) groups excluding carboxylic acids is 2. The van der Waals surface area contributed by atoms with E-state index in [0.717, 1.165) is 6.07 Å². The maximum Gasteiger partial charge on any atom is 0.282 e. The number of fused-ring (bicyclic) bond motifs is 2. The van der Waals surface area contributed by atoms with Crippen LogP contribution in [0.1, 0.15) is 31.8 Å². The number of phenols is 2. The van der Waals surface area contributed by atoms with Gasteiger partial charge in [-0.1, -0.05) is 11.6 Å². The van der Waals surface area contributed by atoms with Gasteiger partial charge in [-0.3, -0.25) is 19.7 Å². The quantitative estimate of drug-likeness (QED) is 0.164. The maximum absolute atomic E-state index is 13.4. The van der Waals surface area contributed by atoms with Gasteiger partial charge < -0.3 is 15.5 Å². The Morgan fingerprint density at radius 3 is 1.97 bits per heavy atom. The Kier molecular flexibility index (Phi) is 5.24. The van der Waals surface area contributed by atoms with E-state index >= 15 is 0 Å². The standard InChI is InChI=1S/C20H9Br2ClN2O6/c21-9-5-11(24-8-3-1-7(23)2-4-8)13-15(17(9)26)20(29)16-14(19(13)28)12(25(30)31)6-10(22)18(16)27/h1-6,24,26-27H. The zero-order valence-electron chi connectivity index (χ0n) is 15.1. The highest BCUT2D eigenvalue weighted by Gasteiger charge is 2.42. The molecule has 0 bridgehead atoms. The molecular weight excluding hydrogens is 559 g/mol. The molecule has 31 heavy (non-hydrogen) atoms. The Labute approximate surface area is 195 Å². The SMILES string of the molecule is O=C1c2c(Nc3ccc(Cl)cc3)cc(Br)c(O)c2C(=O)c2c(O)c(Br)cc([N+](=O)[O-])c21. The number of ketones is 2. The number of rotatable bonds is 3. The van der Waals surface area contributed by atoms with Crippen LogP contribution in [0, 0.1) is 10.1 Å². The molecule has 8 nitrogen and oxygen atoms in total. The number of carbonyl (C=O) groups is 2. The molecule has 0 amide bonds. The predicted molar refractivity (Wildman–Crippen MR) is 120 cm³/mol. The van der Waals surface area contributed by atoms with E-state index in [-0.39, 0.29) is 25.8 Å². The Hall–Kier alpha value is -2.95. The maximum atomic E-state index is 13.4. The first-order chi connectivity index (χ1) is 14.6. The fourth-order valence-corrected chi connectivity index (χ4v) is 4.32. The number of phenolic OH excluding ortho intramolecular Hbond substituents is 2. The largest absolute Gasteiger partial charge is 0.506 e. The summed E-state index contributed by atoms with van der Waals surface area (Å²) in [5, 5.41) is 36.0. The third kappa shape index (κ3) is 3.36. The molecule has 0 fully saturated rings. The van der Waals surface area contributed by atoms with E-state index in [1.165, 1.54) is 6.07 Å². The number of nitrogens with one attached hydrogen (secondary N) is 1. The molecule has 0 spiro atoms. The van der Waals surface area contributed by atoms with Crippen molar-refractivity contribution in [2.45, 2.75) is 0 Å². The summed E-state index contributed by atoms with van der Waals surface area (Å²) in [4.78, 5) is 37.4. The molecule has 11 heteroatoms. The van der Waals surface area contributed by atoms with Crippen molar-refractivity contribution in [3.05, 3.63) is 82.7 Å². The lowest BCUT2D eigenvalue weighted by Gasteiger charge is -2.23. The number of hydrogen-bond donors (Lipinski definition) is 3. The number of hydrogen-bond acceptors (Lipinski definition) is 7. The van der Waals surface area contributed by atoms with Crippen molar-refractivity contribution in [3.63, 3.8) is 0 Å². The highest BCUT2D eigenvalue weighted by atomic mass is 79.9. The van der Waals surface area contributed by atoms with Crippen molar-refractivity contribution in [1.29, 1.82) is 0 Å². The molecule has 3 aromatic carbocycles. The number of aromatic hydroxyl groups is 2. The van der Waals surface area contributed by atoms with E-state index in [9.17, 15) is 29.9 Å². The monoisotopic (exact) mass is 566 g/mol. The molecule has 1 aliphatic carbocycles. The van der Waals surface area contributed by atoms with Crippen molar-refractivity contribution in [2.75, 3.05) is 5.32 Å². The third-order valence-electron chi connectivity index (χ3n) is 4.71. The molecule has 3 aromatic rings. The molecule has 0 radical (unpaired) electrons. The topological polar surface area (TPSA) is 130 Å².